The van der Waals surface area contributed by atoms with Gasteiger partial charge in [0.1, 0.15) is 0 Å². The first-order valence-electron chi connectivity index (χ1n) is 9.37. The Morgan fingerprint density at radius 3 is 2.33 bits per heavy atom. The summed E-state index contributed by atoms with van der Waals surface area (Å²) in [5, 5.41) is 25.2. The summed E-state index contributed by atoms with van der Waals surface area (Å²) in [7, 11) is 0. The summed E-state index contributed by atoms with van der Waals surface area (Å²) in [6.07, 6.45) is 2.61. The standard InChI is InChI=1S/C21H33N3O3/c1-12(25)23-18(2,3)11-21(8)10-14-15(17(21)26)13(9-19(4,5)27)16(22)20(6,7)24-14/h9,22,24,27H,10-11H2,1-8H3,(H,23,25)/b13-9+,22-16?. The monoisotopic (exact) mass is 375 g/mol. The Morgan fingerprint density at radius 1 is 1.30 bits per heavy atom. The van der Waals surface area contributed by atoms with Gasteiger partial charge in [0.05, 0.1) is 16.9 Å². The summed E-state index contributed by atoms with van der Waals surface area (Å²) in [5.74, 6) is -0.172. The first-order valence-corrected chi connectivity index (χ1v) is 9.37. The van der Waals surface area contributed by atoms with Crippen molar-refractivity contribution in [2.75, 3.05) is 0 Å². The van der Waals surface area contributed by atoms with E-state index in [2.05, 4.69) is 10.6 Å². The lowest BCUT2D eigenvalue weighted by molar-refractivity contribution is -0.126. The summed E-state index contributed by atoms with van der Waals surface area (Å²) < 4.78 is 0. The summed E-state index contributed by atoms with van der Waals surface area (Å²) in [5.41, 5.74) is -0.873. The molecule has 27 heavy (non-hydrogen) atoms. The van der Waals surface area contributed by atoms with E-state index in [1.54, 1.807) is 19.9 Å². The molecule has 0 spiro atoms. The highest BCUT2D eigenvalue weighted by Gasteiger charge is 2.51. The van der Waals surface area contributed by atoms with Crippen LogP contribution >= 0.6 is 0 Å². The number of carbonyl (C=O) groups excluding carboxylic acids is 2. The molecule has 1 atom stereocenters. The molecule has 0 saturated carbocycles. The Kier molecular flexibility index (Phi) is 4.98. The molecular formula is C21H33N3O3. The molecule has 0 aromatic rings. The van der Waals surface area contributed by atoms with Gasteiger partial charge < -0.3 is 21.1 Å². The molecule has 1 heterocycles. The van der Waals surface area contributed by atoms with E-state index in [4.69, 9.17) is 5.41 Å². The third-order valence-corrected chi connectivity index (χ3v) is 5.12. The highest BCUT2D eigenvalue weighted by molar-refractivity contribution is 6.21. The van der Waals surface area contributed by atoms with Crippen molar-refractivity contribution in [3.8, 4) is 0 Å². The summed E-state index contributed by atoms with van der Waals surface area (Å²) >= 11 is 0. The summed E-state index contributed by atoms with van der Waals surface area (Å²) in [6, 6.07) is 0. The van der Waals surface area contributed by atoms with Crippen LogP contribution in [0.25, 0.3) is 0 Å². The predicted octanol–water partition coefficient (Wildman–Crippen LogP) is 2.62. The quantitative estimate of drug-likeness (QED) is 0.606. The smallest absolute Gasteiger partial charge is 0.217 e. The largest absolute Gasteiger partial charge is 0.386 e. The van der Waals surface area contributed by atoms with Gasteiger partial charge in [-0.1, -0.05) is 6.92 Å². The summed E-state index contributed by atoms with van der Waals surface area (Å²) in [4.78, 5) is 25.0. The van der Waals surface area contributed by atoms with Crippen LogP contribution in [0.4, 0.5) is 0 Å². The lowest BCUT2D eigenvalue weighted by Crippen LogP contribution is -2.50. The van der Waals surface area contributed by atoms with E-state index >= 15 is 0 Å². The molecule has 0 fully saturated rings. The zero-order chi connectivity index (χ0) is 21.0. The summed E-state index contributed by atoms with van der Waals surface area (Å²) in [6.45, 7) is 14.3. The maximum absolute atomic E-state index is 13.4. The molecule has 1 unspecified atom stereocenters. The highest BCUT2D eigenvalue weighted by Crippen LogP contribution is 2.48. The van der Waals surface area contributed by atoms with Crippen LogP contribution in [0.15, 0.2) is 22.9 Å². The van der Waals surface area contributed by atoms with Gasteiger partial charge in [-0.3, -0.25) is 9.59 Å². The Bertz CT molecular complexity index is 766. The van der Waals surface area contributed by atoms with Crippen molar-refractivity contribution in [3.63, 3.8) is 0 Å². The average Bonchev–Trinajstić information content (AvgIpc) is 2.61. The van der Waals surface area contributed by atoms with Crippen molar-refractivity contribution >= 4 is 17.4 Å². The van der Waals surface area contributed by atoms with Gasteiger partial charge >= 0.3 is 0 Å². The van der Waals surface area contributed by atoms with Crippen molar-refractivity contribution in [2.24, 2.45) is 5.41 Å². The van der Waals surface area contributed by atoms with Gasteiger partial charge in [0.25, 0.3) is 0 Å². The van der Waals surface area contributed by atoms with Crippen LogP contribution in [0.3, 0.4) is 0 Å². The molecule has 1 aliphatic heterocycles. The van der Waals surface area contributed by atoms with Crippen LogP contribution in [0.2, 0.25) is 0 Å². The van der Waals surface area contributed by atoms with Crippen molar-refractivity contribution in [1.29, 1.82) is 5.41 Å². The zero-order valence-electron chi connectivity index (χ0n) is 17.8. The second-order valence-electron chi connectivity index (χ2n) is 10.00. The normalized spacial score (nSPS) is 26.9. The number of hydrogen-bond donors (Lipinski definition) is 4. The van der Waals surface area contributed by atoms with Crippen LogP contribution in [-0.2, 0) is 9.59 Å². The fourth-order valence-corrected chi connectivity index (χ4v) is 4.43. The minimum atomic E-state index is -1.14. The second kappa shape index (κ2) is 6.30. The van der Waals surface area contributed by atoms with Crippen LogP contribution in [0, 0.1) is 10.8 Å². The molecule has 4 N–H and O–H groups in total. The molecule has 6 heteroatoms. The third kappa shape index (κ3) is 4.32. The molecule has 6 nitrogen and oxygen atoms in total. The predicted molar refractivity (Wildman–Crippen MR) is 107 cm³/mol. The highest BCUT2D eigenvalue weighted by atomic mass is 16.3. The lowest BCUT2D eigenvalue weighted by Gasteiger charge is -2.36. The molecule has 0 aromatic heterocycles. The van der Waals surface area contributed by atoms with Crippen LogP contribution in [0.5, 0.6) is 0 Å². The maximum atomic E-state index is 13.4. The first-order chi connectivity index (χ1) is 12.0. The minimum absolute atomic E-state index is 0.0424. The van der Waals surface area contributed by atoms with Crippen molar-refractivity contribution in [3.05, 3.63) is 22.9 Å². The number of ketones is 1. The molecule has 1 amide bonds. The molecule has 0 radical (unpaired) electrons. The number of nitrogens with one attached hydrogen (secondary N) is 3. The molecule has 150 valence electrons. The third-order valence-electron chi connectivity index (χ3n) is 5.12. The molecule has 1 aliphatic carbocycles. The number of hydrogen-bond acceptors (Lipinski definition) is 5. The second-order valence-corrected chi connectivity index (χ2v) is 10.00. The van der Waals surface area contributed by atoms with Gasteiger partial charge in [0, 0.05) is 41.1 Å². The first kappa shape index (κ1) is 21.4. The van der Waals surface area contributed by atoms with Gasteiger partial charge in [0.15, 0.2) is 5.78 Å². The topological polar surface area (TPSA) is 102 Å². The molecule has 2 rings (SSSR count). The van der Waals surface area contributed by atoms with Gasteiger partial charge in [-0.15, -0.1) is 0 Å². The fraction of sp³-hybridized carbons (Fsp3) is 0.667. The molecule has 0 saturated heterocycles. The molecule has 0 aromatic carbocycles. The molecule has 2 aliphatic rings. The van der Waals surface area contributed by atoms with Crippen LogP contribution in [-0.4, -0.2) is 39.2 Å². The Hall–Kier alpha value is -1.95. The van der Waals surface area contributed by atoms with Crippen molar-refractivity contribution in [2.45, 2.75) is 84.9 Å². The minimum Gasteiger partial charge on any atom is -0.386 e. The van der Waals surface area contributed by atoms with E-state index in [0.29, 0.717) is 29.7 Å². The fourth-order valence-electron chi connectivity index (χ4n) is 4.43. The van der Waals surface area contributed by atoms with Gasteiger partial charge in [-0.05, 0) is 54.0 Å². The number of carbonyl (C=O) groups is 2. The van der Waals surface area contributed by atoms with E-state index in [1.165, 1.54) is 6.92 Å². The van der Waals surface area contributed by atoms with Crippen LogP contribution < -0.4 is 10.6 Å². The van der Waals surface area contributed by atoms with E-state index in [1.807, 2.05) is 34.6 Å². The van der Waals surface area contributed by atoms with E-state index in [-0.39, 0.29) is 11.7 Å². The van der Waals surface area contributed by atoms with Gasteiger partial charge in [-0.2, -0.15) is 0 Å². The van der Waals surface area contributed by atoms with E-state index in [9.17, 15) is 14.7 Å². The number of Topliss-reactive ketones (excluding diaryl/α,β-unsaturated/α-hetero) is 1. The zero-order valence-corrected chi connectivity index (χ0v) is 17.8. The van der Waals surface area contributed by atoms with Gasteiger partial charge in [-0.25, -0.2) is 0 Å². The lowest BCUT2D eigenvalue weighted by atomic mass is 9.74. The van der Waals surface area contributed by atoms with Gasteiger partial charge in [0.2, 0.25) is 5.91 Å². The number of aliphatic hydroxyl groups is 1. The Balaban J connectivity index is 2.48. The number of allylic oxidation sites excluding steroid dienone is 2. The SMILES string of the molecule is CC(=O)NC(C)(C)CC1(C)CC2=C(C1=O)/C(=C\C(C)(C)O)C(=N)C(C)(C)N2. The maximum Gasteiger partial charge on any atom is 0.217 e. The Labute approximate surface area is 162 Å². The average molecular weight is 376 g/mol. The van der Waals surface area contributed by atoms with E-state index in [0.717, 1.165) is 5.70 Å². The number of amides is 1. The van der Waals surface area contributed by atoms with Crippen molar-refractivity contribution < 1.29 is 14.7 Å². The van der Waals surface area contributed by atoms with E-state index < -0.39 is 22.1 Å². The Morgan fingerprint density at radius 2 is 1.85 bits per heavy atom. The van der Waals surface area contributed by atoms with Crippen molar-refractivity contribution in [1.82, 2.24) is 10.6 Å². The molecule has 0 bridgehead atoms. The van der Waals surface area contributed by atoms with Crippen LogP contribution in [0.1, 0.15) is 68.2 Å². The molecular weight excluding hydrogens is 342 g/mol. The number of rotatable bonds is 4.